The van der Waals surface area contributed by atoms with E-state index < -0.39 is 5.95 Å². The predicted molar refractivity (Wildman–Crippen MR) is 77.8 cm³/mol. The third-order valence-electron chi connectivity index (χ3n) is 2.50. The number of carbonyl (C=O) groups is 1. The Bertz CT molecular complexity index is 689. The summed E-state index contributed by atoms with van der Waals surface area (Å²) in [5.41, 5.74) is 1.20. The Hall–Kier alpha value is -3.16. The molecule has 0 aliphatic rings. The largest absolute Gasteiger partial charge is 0.361 e. The lowest BCUT2D eigenvalue weighted by molar-refractivity contribution is -0.127. The fourth-order valence-electron chi connectivity index (χ4n) is 1.57. The number of nitrogens with one attached hydrogen (secondary N) is 2. The van der Waals surface area contributed by atoms with Crippen molar-refractivity contribution in [3.8, 4) is 0 Å². The Labute approximate surface area is 125 Å². The van der Waals surface area contributed by atoms with Crippen LogP contribution >= 0.6 is 0 Å². The first-order valence-electron chi connectivity index (χ1n) is 6.34. The average Bonchev–Trinajstić information content (AvgIpc) is 2.48. The molecule has 22 heavy (non-hydrogen) atoms. The zero-order valence-electron chi connectivity index (χ0n) is 11.5. The van der Waals surface area contributed by atoms with E-state index in [1.54, 1.807) is 18.5 Å². The summed E-state index contributed by atoms with van der Waals surface area (Å²) >= 11 is 0. The van der Waals surface area contributed by atoms with Gasteiger partial charge in [-0.15, -0.1) is 0 Å². The van der Waals surface area contributed by atoms with Crippen molar-refractivity contribution in [2.24, 2.45) is 0 Å². The molecule has 112 valence electrons. The molecule has 7 nitrogen and oxygen atoms in total. The third-order valence-corrected chi connectivity index (χ3v) is 2.50. The summed E-state index contributed by atoms with van der Waals surface area (Å²) in [7, 11) is 0. The van der Waals surface area contributed by atoms with Crippen molar-refractivity contribution in [3.05, 3.63) is 60.8 Å². The van der Waals surface area contributed by atoms with Crippen LogP contribution in [0.2, 0.25) is 0 Å². The number of hydrogen-bond donors (Lipinski definition) is 3. The topological polar surface area (TPSA) is 105 Å². The molecule has 2 aromatic rings. The van der Waals surface area contributed by atoms with Gasteiger partial charge >= 0.3 is 5.91 Å². The number of hydrogen-bond acceptors (Lipinski definition) is 5. The van der Waals surface area contributed by atoms with Gasteiger partial charge in [0.1, 0.15) is 6.33 Å². The number of pyridine rings is 1. The van der Waals surface area contributed by atoms with Crippen molar-refractivity contribution in [2.75, 3.05) is 5.32 Å². The molecule has 2 heterocycles. The Morgan fingerprint density at radius 2 is 2.14 bits per heavy atom. The molecule has 0 spiro atoms. The smallest absolute Gasteiger partial charge is 0.311 e. The van der Waals surface area contributed by atoms with Gasteiger partial charge in [0.05, 0.1) is 6.42 Å². The molecule has 0 aromatic carbocycles. The zero-order valence-corrected chi connectivity index (χ0v) is 11.5. The van der Waals surface area contributed by atoms with Crippen LogP contribution in [-0.4, -0.2) is 26.7 Å². The number of carbonyl (C=O) groups excluding carboxylic acids is 1. The number of rotatable bonds is 5. The highest BCUT2D eigenvalue weighted by atomic mass is 19.1. The van der Waals surface area contributed by atoms with Gasteiger partial charge in [0.2, 0.25) is 5.95 Å². The van der Waals surface area contributed by atoms with E-state index in [4.69, 9.17) is 5.41 Å². The van der Waals surface area contributed by atoms with E-state index in [0.717, 1.165) is 0 Å². The number of amidine groups is 1. The van der Waals surface area contributed by atoms with Crippen LogP contribution in [0, 0.1) is 5.95 Å². The fraction of sp³-hybridized carbons (Fsp3) is 0.0714. The van der Waals surface area contributed by atoms with E-state index >= 15 is 0 Å². The lowest BCUT2D eigenvalue weighted by Gasteiger charge is -1.99. The number of halogens is 1. The van der Waals surface area contributed by atoms with Crippen molar-refractivity contribution in [2.45, 2.75) is 6.42 Å². The van der Waals surface area contributed by atoms with Gasteiger partial charge in [-0.05, 0) is 6.07 Å². The molecule has 0 fully saturated rings. The van der Waals surface area contributed by atoms with Crippen LogP contribution in [0.4, 0.5) is 10.1 Å². The predicted octanol–water partition coefficient (Wildman–Crippen LogP) is -0.547. The first-order chi connectivity index (χ1) is 10.6. The van der Waals surface area contributed by atoms with Crippen molar-refractivity contribution < 1.29 is 14.6 Å². The monoisotopic (exact) mass is 301 g/mol. The average molecular weight is 301 g/mol. The van der Waals surface area contributed by atoms with Crippen LogP contribution < -0.4 is 16.0 Å². The Balaban J connectivity index is 1.80. The Morgan fingerprint density at radius 1 is 1.36 bits per heavy atom. The van der Waals surface area contributed by atoms with E-state index in [9.17, 15) is 9.18 Å². The van der Waals surface area contributed by atoms with Crippen LogP contribution in [0.5, 0.6) is 0 Å². The van der Waals surface area contributed by atoms with Gasteiger partial charge in [-0.25, -0.2) is 25.1 Å². The molecular formula is C14H14FN6O+. The normalized spacial score (nSPS) is 10.4. The van der Waals surface area contributed by atoms with Gasteiger partial charge < -0.3 is 5.32 Å². The highest BCUT2D eigenvalue weighted by Gasteiger charge is 2.10. The highest BCUT2D eigenvalue weighted by Crippen LogP contribution is 2.05. The number of nitrogens with zero attached hydrogens (tertiary/aromatic N) is 3. The SMILES string of the molecule is [NH2+]=C(/C=C\Nc1ccnc(F)c1)NC(=O)Cc1cncnc1. The number of nitrogens with two attached hydrogens (primary N) is 1. The maximum absolute atomic E-state index is 12.9. The molecule has 0 saturated carbocycles. The van der Waals surface area contributed by atoms with Crippen molar-refractivity contribution in [1.29, 1.82) is 0 Å². The summed E-state index contributed by atoms with van der Waals surface area (Å²) in [6.45, 7) is 0. The summed E-state index contributed by atoms with van der Waals surface area (Å²) in [4.78, 5) is 22.8. The first-order valence-corrected chi connectivity index (χ1v) is 6.34. The Morgan fingerprint density at radius 3 is 2.86 bits per heavy atom. The van der Waals surface area contributed by atoms with E-state index in [0.29, 0.717) is 11.3 Å². The van der Waals surface area contributed by atoms with E-state index in [1.807, 2.05) is 0 Å². The molecule has 2 rings (SSSR count). The molecule has 0 aliphatic heterocycles. The molecule has 0 atom stereocenters. The molecule has 8 heteroatoms. The maximum atomic E-state index is 12.9. The second-order valence-corrected chi connectivity index (χ2v) is 4.27. The molecule has 0 aliphatic carbocycles. The number of anilines is 1. The minimum Gasteiger partial charge on any atom is -0.361 e. The first kappa shape index (κ1) is 15.2. The van der Waals surface area contributed by atoms with Gasteiger partial charge in [0.15, 0.2) is 0 Å². The van der Waals surface area contributed by atoms with Crippen LogP contribution in [0.1, 0.15) is 5.56 Å². The van der Waals surface area contributed by atoms with E-state index in [2.05, 4.69) is 25.6 Å². The molecule has 0 bridgehead atoms. The summed E-state index contributed by atoms with van der Waals surface area (Å²) in [5.74, 6) is -0.718. The van der Waals surface area contributed by atoms with Gasteiger partial charge in [0, 0.05) is 48.2 Å². The van der Waals surface area contributed by atoms with E-state index in [-0.39, 0.29) is 18.2 Å². The number of amides is 1. The molecule has 1 amide bonds. The van der Waals surface area contributed by atoms with Crippen molar-refractivity contribution >= 4 is 17.4 Å². The van der Waals surface area contributed by atoms with Crippen LogP contribution in [0.15, 0.2) is 49.3 Å². The molecule has 2 aromatic heterocycles. The second-order valence-electron chi connectivity index (χ2n) is 4.27. The Kier molecular flexibility index (Phi) is 5.25. The third kappa shape index (κ3) is 5.08. The minimum absolute atomic E-state index is 0.123. The van der Waals surface area contributed by atoms with Crippen molar-refractivity contribution in [3.63, 3.8) is 0 Å². The van der Waals surface area contributed by atoms with Gasteiger partial charge in [-0.2, -0.15) is 4.39 Å². The lowest BCUT2D eigenvalue weighted by Crippen LogP contribution is -2.50. The molecular weight excluding hydrogens is 287 g/mol. The zero-order chi connectivity index (χ0) is 15.8. The summed E-state index contributed by atoms with van der Waals surface area (Å²) in [6, 6.07) is 2.83. The van der Waals surface area contributed by atoms with Crippen molar-refractivity contribution in [1.82, 2.24) is 20.3 Å². The standard InChI is InChI=1S/C14H13FN6O/c15-12-6-11(1-3-20-12)19-4-2-13(16)21-14(22)5-10-7-17-9-18-8-10/h1-4,6-9H,5H2,(H,19,20)(H2,16,21,22)/p+1/b4-2-. The maximum Gasteiger partial charge on any atom is 0.311 e. The number of aromatic nitrogens is 3. The lowest BCUT2D eigenvalue weighted by atomic mass is 10.2. The fourth-order valence-corrected chi connectivity index (χ4v) is 1.57. The summed E-state index contributed by atoms with van der Waals surface area (Å²) in [5, 5.41) is 11.0. The summed E-state index contributed by atoms with van der Waals surface area (Å²) < 4.78 is 12.9. The minimum atomic E-state index is -0.589. The summed E-state index contributed by atoms with van der Waals surface area (Å²) in [6.07, 6.45) is 8.89. The quantitative estimate of drug-likeness (QED) is 0.390. The van der Waals surface area contributed by atoms with Crippen LogP contribution in [0.25, 0.3) is 0 Å². The van der Waals surface area contributed by atoms with Crippen LogP contribution in [0.3, 0.4) is 0 Å². The van der Waals surface area contributed by atoms with Gasteiger partial charge in [-0.3, -0.25) is 5.41 Å². The molecule has 0 unspecified atom stereocenters. The highest BCUT2D eigenvalue weighted by molar-refractivity contribution is 6.01. The molecule has 0 radical (unpaired) electrons. The van der Waals surface area contributed by atoms with Gasteiger partial charge in [0.25, 0.3) is 5.84 Å². The van der Waals surface area contributed by atoms with E-state index in [1.165, 1.54) is 30.9 Å². The second kappa shape index (κ2) is 7.58. The van der Waals surface area contributed by atoms with Crippen LogP contribution in [-0.2, 0) is 11.2 Å². The molecule has 0 saturated heterocycles. The molecule has 4 N–H and O–H groups in total. The van der Waals surface area contributed by atoms with Gasteiger partial charge in [-0.1, -0.05) is 0 Å².